The van der Waals surface area contributed by atoms with Crippen LogP contribution in [0, 0.1) is 0 Å². The largest absolute Gasteiger partial charge is 0.384 e. The molecule has 1 aromatic heterocycles. The predicted octanol–water partition coefficient (Wildman–Crippen LogP) is 5.47. The van der Waals surface area contributed by atoms with Gasteiger partial charge >= 0.3 is 0 Å². The molecule has 1 aromatic carbocycles. The standard InChI is InChI=1S/C28H42N4O/c1-2-32(22-12-4-3-5-13-22)21-18-27(33)29-19-10-11-20-30-28-23-14-6-8-16-25(23)31-26-17-9-7-15-24(26)28/h6,8,14,16,22H,2-5,7,9-13,15,17-21H2,1H3,(H,29,33)(H,30,31). The van der Waals surface area contributed by atoms with Crippen molar-refractivity contribution in [1.82, 2.24) is 15.2 Å². The average molecular weight is 451 g/mol. The Labute approximate surface area is 199 Å². The number of para-hydroxylation sites is 1. The molecule has 180 valence electrons. The van der Waals surface area contributed by atoms with E-state index in [-0.39, 0.29) is 5.91 Å². The monoisotopic (exact) mass is 450 g/mol. The van der Waals surface area contributed by atoms with E-state index < -0.39 is 0 Å². The Morgan fingerprint density at radius 3 is 2.67 bits per heavy atom. The molecule has 0 aliphatic heterocycles. The summed E-state index contributed by atoms with van der Waals surface area (Å²) in [4.78, 5) is 19.8. The number of amides is 1. The van der Waals surface area contributed by atoms with E-state index in [1.54, 1.807) is 0 Å². The number of pyridine rings is 1. The van der Waals surface area contributed by atoms with Gasteiger partial charge < -0.3 is 15.5 Å². The van der Waals surface area contributed by atoms with Crippen LogP contribution in [0.4, 0.5) is 5.69 Å². The summed E-state index contributed by atoms with van der Waals surface area (Å²) in [5.74, 6) is 0.200. The van der Waals surface area contributed by atoms with Crippen LogP contribution in [0.1, 0.15) is 82.4 Å². The number of aryl methyl sites for hydroxylation is 1. The first-order chi connectivity index (χ1) is 16.3. The first-order valence-electron chi connectivity index (χ1n) is 13.4. The smallest absolute Gasteiger partial charge is 0.221 e. The molecule has 5 heteroatoms. The third-order valence-electron chi connectivity index (χ3n) is 7.52. The third kappa shape index (κ3) is 6.47. The molecule has 0 spiro atoms. The van der Waals surface area contributed by atoms with Crippen LogP contribution in [0.2, 0.25) is 0 Å². The molecule has 1 fully saturated rings. The van der Waals surface area contributed by atoms with E-state index in [1.807, 2.05) is 0 Å². The van der Waals surface area contributed by atoms with Crippen molar-refractivity contribution in [1.29, 1.82) is 0 Å². The number of nitrogens with zero attached hydrogens (tertiary/aromatic N) is 2. The van der Waals surface area contributed by atoms with Gasteiger partial charge in [0, 0.05) is 48.9 Å². The van der Waals surface area contributed by atoms with Crippen LogP contribution in [0.5, 0.6) is 0 Å². The molecule has 1 saturated carbocycles. The van der Waals surface area contributed by atoms with Crippen molar-refractivity contribution >= 4 is 22.5 Å². The summed E-state index contributed by atoms with van der Waals surface area (Å²) in [6.07, 6.45) is 14.1. The summed E-state index contributed by atoms with van der Waals surface area (Å²) >= 11 is 0. The second-order valence-electron chi connectivity index (χ2n) is 9.79. The van der Waals surface area contributed by atoms with Crippen LogP contribution in [-0.2, 0) is 17.6 Å². The van der Waals surface area contributed by atoms with E-state index in [0.717, 1.165) is 57.4 Å². The zero-order valence-corrected chi connectivity index (χ0v) is 20.5. The number of carbonyl (C=O) groups is 1. The van der Waals surface area contributed by atoms with Crippen LogP contribution >= 0.6 is 0 Å². The summed E-state index contributed by atoms with van der Waals surface area (Å²) in [7, 11) is 0. The first kappa shape index (κ1) is 24.0. The topological polar surface area (TPSA) is 57.3 Å². The molecule has 2 aliphatic rings. The van der Waals surface area contributed by atoms with Crippen molar-refractivity contribution in [2.75, 3.05) is 31.5 Å². The first-order valence-corrected chi connectivity index (χ1v) is 13.4. The Kier molecular flexibility index (Phi) is 8.99. The summed E-state index contributed by atoms with van der Waals surface area (Å²) in [5, 5.41) is 8.11. The second kappa shape index (κ2) is 12.4. The highest BCUT2D eigenvalue weighted by Gasteiger charge is 2.20. The lowest BCUT2D eigenvalue weighted by Crippen LogP contribution is -2.39. The minimum atomic E-state index is 0.200. The number of aromatic nitrogens is 1. The minimum Gasteiger partial charge on any atom is -0.384 e. The molecule has 1 amide bonds. The van der Waals surface area contributed by atoms with E-state index in [9.17, 15) is 4.79 Å². The van der Waals surface area contributed by atoms with Gasteiger partial charge in [-0.1, -0.05) is 44.4 Å². The highest BCUT2D eigenvalue weighted by atomic mass is 16.1. The van der Waals surface area contributed by atoms with Crippen LogP contribution < -0.4 is 10.6 Å². The Morgan fingerprint density at radius 2 is 1.82 bits per heavy atom. The van der Waals surface area contributed by atoms with Crippen molar-refractivity contribution in [3.63, 3.8) is 0 Å². The molecule has 0 bridgehead atoms. The molecular weight excluding hydrogens is 408 g/mol. The Morgan fingerprint density at radius 1 is 1.03 bits per heavy atom. The van der Waals surface area contributed by atoms with Gasteiger partial charge in [0.2, 0.25) is 5.91 Å². The SMILES string of the molecule is CCN(CCC(=O)NCCCCNc1c2c(nc3ccccc13)CCCC2)C1CCCCC1. The van der Waals surface area contributed by atoms with Gasteiger partial charge in [-0.15, -0.1) is 0 Å². The molecule has 0 unspecified atom stereocenters. The van der Waals surface area contributed by atoms with Crippen molar-refractivity contribution in [2.24, 2.45) is 0 Å². The Bertz CT molecular complexity index is 906. The molecule has 2 N–H and O–H groups in total. The average Bonchev–Trinajstić information content (AvgIpc) is 2.86. The van der Waals surface area contributed by atoms with Crippen molar-refractivity contribution in [3.8, 4) is 0 Å². The lowest BCUT2D eigenvalue weighted by Gasteiger charge is -2.33. The number of rotatable bonds is 11. The number of hydrogen-bond acceptors (Lipinski definition) is 4. The van der Waals surface area contributed by atoms with E-state index in [2.05, 4.69) is 46.7 Å². The number of unbranched alkanes of at least 4 members (excludes halogenated alkanes) is 1. The number of hydrogen-bond donors (Lipinski definition) is 2. The summed E-state index contributed by atoms with van der Waals surface area (Å²) < 4.78 is 0. The van der Waals surface area contributed by atoms with Gasteiger partial charge in [-0.05, 0) is 69.5 Å². The predicted molar refractivity (Wildman–Crippen MR) is 138 cm³/mol. The molecule has 0 atom stereocenters. The van der Waals surface area contributed by atoms with Crippen LogP contribution in [-0.4, -0.2) is 48.0 Å². The highest BCUT2D eigenvalue weighted by molar-refractivity contribution is 5.93. The maximum atomic E-state index is 12.3. The lowest BCUT2D eigenvalue weighted by atomic mass is 9.92. The van der Waals surface area contributed by atoms with Crippen LogP contribution in [0.15, 0.2) is 24.3 Å². The van der Waals surface area contributed by atoms with E-state index in [1.165, 1.54) is 67.3 Å². The van der Waals surface area contributed by atoms with Crippen LogP contribution in [0.3, 0.4) is 0 Å². The van der Waals surface area contributed by atoms with Gasteiger partial charge in [0.05, 0.1) is 5.52 Å². The number of carbonyl (C=O) groups excluding carboxylic acids is 1. The van der Waals surface area contributed by atoms with Crippen molar-refractivity contribution in [2.45, 2.75) is 90.0 Å². The number of fused-ring (bicyclic) bond motifs is 2. The maximum absolute atomic E-state index is 12.3. The van der Waals surface area contributed by atoms with Crippen LogP contribution in [0.25, 0.3) is 10.9 Å². The zero-order valence-electron chi connectivity index (χ0n) is 20.5. The molecule has 33 heavy (non-hydrogen) atoms. The van der Waals surface area contributed by atoms with E-state index in [4.69, 9.17) is 4.98 Å². The summed E-state index contributed by atoms with van der Waals surface area (Å²) in [5.41, 5.74) is 5.10. The molecular formula is C28H42N4O. The zero-order chi connectivity index (χ0) is 22.9. The van der Waals surface area contributed by atoms with Gasteiger partial charge in [-0.25, -0.2) is 0 Å². The fourth-order valence-corrected chi connectivity index (χ4v) is 5.64. The fraction of sp³-hybridized carbons (Fsp3) is 0.643. The summed E-state index contributed by atoms with van der Waals surface area (Å²) in [6.45, 7) is 5.88. The third-order valence-corrected chi connectivity index (χ3v) is 7.52. The van der Waals surface area contributed by atoms with Crippen molar-refractivity contribution < 1.29 is 4.79 Å². The Balaban J connectivity index is 1.18. The number of nitrogens with one attached hydrogen (secondary N) is 2. The quantitative estimate of drug-likeness (QED) is 0.446. The molecule has 0 saturated heterocycles. The Hall–Kier alpha value is -2.14. The molecule has 2 aliphatic carbocycles. The van der Waals surface area contributed by atoms with Gasteiger partial charge in [0.25, 0.3) is 0 Å². The second-order valence-corrected chi connectivity index (χ2v) is 9.79. The van der Waals surface area contributed by atoms with Gasteiger partial charge in [0.1, 0.15) is 0 Å². The molecule has 1 heterocycles. The molecule has 0 radical (unpaired) electrons. The number of anilines is 1. The van der Waals surface area contributed by atoms with Gasteiger partial charge in [-0.2, -0.15) is 0 Å². The number of benzene rings is 1. The molecule has 4 rings (SSSR count). The van der Waals surface area contributed by atoms with Gasteiger partial charge in [-0.3, -0.25) is 9.78 Å². The lowest BCUT2D eigenvalue weighted by molar-refractivity contribution is -0.121. The van der Waals surface area contributed by atoms with Gasteiger partial charge in [0.15, 0.2) is 0 Å². The maximum Gasteiger partial charge on any atom is 0.221 e. The molecule has 5 nitrogen and oxygen atoms in total. The fourth-order valence-electron chi connectivity index (χ4n) is 5.64. The minimum absolute atomic E-state index is 0.200. The normalized spacial score (nSPS) is 16.7. The van der Waals surface area contributed by atoms with E-state index in [0.29, 0.717) is 12.5 Å². The van der Waals surface area contributed by atoms with Crippen molar-refractivity contribution in [3.05, 3.63) is 35.5 Å². The van der Waals surface area contributed by atoms with E-state index >= 15 is 0 Å². The molecule has 2 aromatic rings. The summed E-state index contributed by atoms with van der Waals surface area (Å²) in [6, 6.07) is 9.18. The highest BCUT2D eigenvalue weighted by Crippen LogP contribution is 2.33.